The molecule has 19 heavy (non-hydrogen) atoms. The number of rotatable bonds is 5. The van der Waals surface area contributed by atoms with Gasteiger partial charge in [0.15, 0.2) is 0 Å². The predicted molar refractivity (Wildman–Crippen MR) is 74.1 cm³/mol. The van der Waals surface area contributed by atoms with Crippen molar-refractivity contribution in [3.8, 4) is 0 Å². The van der Waals surface area contributed by atoms with Crippen LogP contribution in [0, 0.1) is 0 Å². The number of aliphatic hydroxyl groups is 1. The third-order valence-corrected chi connectivity index (χ3v) is 4.72. The molecule has 1 saturated heterocycles. The first-order chi connectivity index (χ1) is 9.09. The molecule has 1 aliphatic heterocycles. The smallest absolute Gasteiger partial charge is 0.303 e. The summed E-state index contributed by atoms with van der Waals surface area (Å²) >= 11 is 0. The summed E-state index contributed by atoms with van der Waals surface area (Å²) in [5.74, 6) is -0.707. The summed E-state index contributed by atoms with van der Waals surface area (Å²) in [6.45, 7) is 1.77. The van der Waals surface area contributed by atoms with Crippen LogP contribution in [0.3, 0.4) is 0 Å². The molecule has 0 radical (unpaired) electrons. The largest absolute Gasteiger partial charge is 0.481 e. The minimum Gasteiger partial charge on any atom is -0.481 e. The van der Waals surface area contributed by atoms with Crippen molar-refractivity contribution in [1.82, 2.24) is 4.90 Å². The van der Waals surface area contributed by atoms with E-state index in [1.165, 1.54) is 19.3 Å². The van der Waals surface area contributed by atoms with E-state index in [2.05, 4.69) is 4.90 Å². The van der Waals surface area contributed by atoms with E-state index in [9.17, 15) is 9.90 Å². The SMILES string of the molecule is O=C(O)CCC1CCCCN1CC1(O)CCCCC1. The number of hydrogen-bond acceptors (Lipinski definition) is 3. The zero-order valence-corrected chi connectivity index (χ0v) is 11.8. The van der Waals surface area contributed by atoms with Gasteiger partial charge >= 0.3 is 5.97 Å². The molecule has 0 bridgehead atoms. The van der Waals surface area contributed by atoms with Crippen LogP contribution in [-0.4, -0.2) is 45.8 Å². The van der Waals surface area contributed by atoms with Crippen molar-refractivity contribution in [1.29, 1.82) is 0 Å². The lowest BCUT2D eigenvalue weighted by Crippen LogP contribution is -2.50. The van der Waals surface area contributed by atoms with Gasteiger partial charge in [0.25, 0.3) is 0 Å². The van der Waals surface area contributed by atoms with E-state index in [4.69, 9.17) is 5.11 Å². The molecule has 0 aromatic heterocycles. The molecule has 2 aliphatic rings. The Morgan fingerprint density at radius 1 is 1.16 bits per heavy atom. The summed E-state index contributed by atoms with van der Waals surface area (Å²) in [7, 11) is 0. The van der Waals surface area contributed by atoms with Gasteiger partial charge in [-0.25, -0.2) is 0 Å². The molecular formula is C15H27NO3. The lowest BCUT2D eigenvalue weighted by Gasteiger charge is -2.42. The molecule has 2 fully saturated rings. The first-order valence-corrected chi connectivity index (χ1v) is 7.77. The van der Waals surface area contributed by atoms with E-state index >= 15 is 0 Å². The van der Waals surface area contributed by atoms with Crippen LogP contribution in [0.2, 0.25) is 0 Å². The van der Waals surface area contributed by atoms with Gasteiger partial charge in [-0.05, 0) is 38.6 Å². The van der Waals surface area contributed by atoms with Crippen molar-refractivity contribution in [2.75, 3.05) is 13.1 Å². The lowest BCUT2D eigenvalue weighted by atomic mass is 9.83. The summed E-state index contributed by atoms with van der Waals surface area (Å²) in [6.07, 6.45) is 9.76. The van der Waals surface area contributed by atoms with E-state index in [0.29, 0.717) is 6.04 Å². The second kappa shape index (κ2) is 6.71. The maximum atomic E-state index is 10.7. The fourth-order valence-electron chi connectivity index (χ4n) is 3.63. The van der Waals surface area contributed by atoms with Gasteiger partial charge in [0, 0.05) is 19.0 Å². The number of carbonyl (C=O) groups is 1. The molecule has 1 unspecified atom stereocenters. The highest BCUT2D eigenvalue weighted by molar-refractivity contribution is 5.66. The van der Waals surface area contributed by atoms with E-state index in [1.54, 1.807) is 0 Å². The van der Waals surface area contributed by atoms with Crippen molar-refractivity contribution < 1.29 is 15.0 Å². The maximum absolute atomic E-state index is 10.7. The Bertz CT molecular complexity index is 300. The number of piperidine rings is 1. The van der Waals surface area contributed by atoms with Crippen molar-refractivity contribution in [2.24, 2.45) is 0 Å². The topological polar surface area (TPSA) is 60.8 Å². The number of hydrogen-bond donors (Lipinski definition) is 2. The zero-order valence-electron chi connectivity index (χ0n) is 11.8. The molecule has 0 aromatic carbocycles. The number of carboxylic acid groups (broad SMARTS) is 1. The quantitative estimate of drug-likeness (QED) is 0.804. The molecule has 2 N–H and O–H groups in total. The Balaban J connectivity index is 1.89. The molecule has 0 amide bonds. The van der Waals surface area contributed by atoms with Crippen molar-refractivity contribution in [3.05, 3.63) is 0 Å². The molecule has 2 rings (SSSR count). The summed E-state index contributed by atoms with van der Waals surface area (Å²) in [5.41, 5.74) is -0.517. The molecule has 1 saturated carbocycles. The van der Waals surface area contributed by atoms with Crippen LogP contribution in [0.15, 0.2) is 0 Å². The maximum Gasteiger partial charge on any atom is 0.303 e. The second-order valence-electron chi connectivity index (χ2n) is 6.34. The van der Waals surface area contributed by atoms with E-state index in [1.807, 2.05) is 0 Å². The molecular weight excluding hydrogens is 242 g/mol. The van der Waals surface area contributed by atoms with E-state index < -0.39 is 11.6 Å². The first-order valence-electron chi connectivity index (χ1n) is 7.77. The number of likely N-dealkylation sites (tertiary alicyclic amines) is 1. The van der Waals surface area contributed by atoms with Gasteiger partial charge in [0.05, 0.1) is 5.60 Å². The Morgan fingerprint density at radius 3 is 2.58 bits per heavy atom. The molecule has 1 aliphatic carbocycles. The molecule has 0 spiro atoms. The zero-order chi connectivity index (χ0) is 13.7. The highest BCUT2D eigenvalue weighted by Crippen LogP contribution is 2.31. The van der Waals surface area contributed by atoms with Crippen LogP contribution in [-0.2, 0) is 4.79 Å². The Hall–Kier alpha value is -0.610. The van der Waals surface area contributed by atoms with Gasteiger partial charge in [-0.3, -0.25) is 9.69 Å². The van der Waals surface area contributed by atoms with Gasteiger partial charge in [-0.1, -0.05) is 25.7 Å². The molecule has 110 valence electrons. The van der Waals surface area contributed by atoms with Gasteiger partial charge < -0.3 is 10.2 Å². The van der Waals surface area contributed by atoms with Gasteiger partial charge in [0.1, 0.15) is 0 Å². The average Bonchev–Trinajstić information content (AvgIpc) is 2.38. The van der Waals surface area contributed by atoms with E-state index in [-0.39, 0.29) is 6.42 Å². The number of carboxylic acids is 1. The lowest BCUT2D eigenvalue weighted by molar-refractivity contribution is -0.137. The van der Waals surface area contributed by atoms with Crippen molar-refractivity contribution >= 4 is 5.97 Å². The minimum absolute atomic E-state index is 0.250. The monoisotopic (exact) mass is 269 g/mol. The Morgan fingerprint density at radius 2 is 1.89 bits per heavy atom. The minimum atomic E-state index is -0.707. The molecule has 4 heteroatoms. The van der Waals surface area contributed by atoms with Gasteiger partial charge in [-0.15, -0.1) is 0 Å². The fourth-order valence-corrected chi connectivity index (χ4v) is 3.63. The van der Waals surface area contributed by atoms with Crippen LogP contribution < -0.4 is 0 Å². The van der Waals surface area contributed by atoms with Crippen LogP contribution >= 0.6 is 0 Å². The molecule has 1 atom stereocenters. The summed E-state index contributed by atoms with van der Waals surface area (Å²) < 4.78 is 0. The van der Waals surface area contributed by atoms with Gasteiger partial charge in [-0.2, -0.15) is 0 Å². The number of nitrogens with zero attached hydrogens (tertiary/aromatic N) is 1. The van der Waals surface area contributed by atoms with E-state index in [0.717, 1.165) is 51.6 Å². The van der Waals surface area contributed by atoms with Crippen molar-refractivity contribution in [2.45, 2.75) is 75.9 Å². The van der Waals surface area contributed by atoms with Crippen LogP contribution in [0.4, 0.5) is 0 Å². The van der Waals surface area contributed by atoms with Gasteiger partial charge in [0.2, 0.25) is 0 Å². The highest BCUT2D eigenvalue weighted by atomic mass is 16.4. The number of aliphatic carboxylic acids is 1. The van der Waals surface area contributed by atoms with Crippen LogP contribution in [0.1, 0.15) is 64.2 Å². The summed E-state index contributed by atoms with van der Waals surface area (Å²) in [4.78, 5) is 13.1. The summed E-state index contributed by atoms with van der Waals surface area (Å²) in [6, 6.07) is 0.357. The third-order valence-electron chi connectivity index (χ3n) is 4.72. The second-order valence-corrected chi connectivity index (χ2v) is 6.34. The molecule has 1 heterocycles. The normalized spacial score (nSPS) is 28.2. The van der Waals surface area contributed by atoms with Crippen molar-refractivity contribution in [3.63, 3.8) is 0 Å². The highest BCUT2D eigenvalue weighted by Gasteiger charge is 2.34. The number of β-amino-alcohol motifs (C(OH)–C–C–N with tert-alkyl or cyclic N) is 1. The first kappa shape index (κ1) is 14.8. The Labute approximate surface area is 115 Å². The molecule has 4 nitrogen and oxygen atoms in total. The standard InChI is InChI=1S/C15H27NO3/c17-14(18)8-7-13-6-2-5-11-16(13)12-15(19)9-3-1-4-10-15/h13,19H,1-12H2,(H,17,18). The predicted octanol–water partition coefficient (Wildman–Crippen LogP) is 2.40. The average molecular weight is 269 g/mol. The van der Waals surface area contributed by atoms with Crippen LogP contribution in [0.5, 0.6) is 0 Å². The summed E-state index contributed by atoms with van der Waals surface area (Å²) in [5, 5.41) is 19.5. The van der Waals surface area contributed by atoms with Crippen LogP contribution in [0.25, 0.3) is 0 Å². The molecule has 0 aromatic rings. The third kappa shape index (κ3) is 4.46. The fraction of sp³-hybridized carbons (Fsp3) is 0.933. The Kier molecular flexibility index (Phi) is 5.22.